The zero-order valence-corrected chi connectivity index (χ0v) is 26.8. The van der Waals surface area contributed by atoms with Gasteiger partial charge in [0.1, 0.15) is 0 Å². The topological polar surface area (TPSA) is 105 Å². The second-order valence-corrected chi connectivity index (χ2v) is 16.5. The maximum atomic E-state index is 12.9. The second kappa shape index (κ2) is 12.5. The summed E-state index contributed by atoms with van der Waals surface area (Å²) in [6.45, 7) is 11.8. The first-order chi connectivity index (χ1) is 17.6. The first kappa shape index (κ1) is 31.6. The molecule has 0 aromatic heterocycles. The van der Waals surface area contributed by atoms with E-state index in [1.807, 2.05) is 41.5 Å². The van der Waals surface area contributed by atoms with E-state index in [4.69, 9.17) is 18.9 Å². The molecule has 2 aromatic carbocycles. The van der Waals surface area contributed by atoms with Gasteiger partial charge in [-0.3, -0.25) is 0 Å². The number of hydrogen-bond acceptors (Lipinski definition) is 8. The third kappa shape index (κ3) is 7.06. The van der Waals surface area contributed by atoms with Crippen LogP contribution >= 0.6 is 0 Å². The molecule has 0 unspecified atom stereocenters. The van der Waals surface area contributed by atoms with Gasteiger partial charge in [0, 0.05) is 0 Å². The van der Waals surface area contributed by atoms with Crippen LogP contribution in [-0.2, 0) is 29.8 Å². The number of rotatable bonds is 7. The van der Waals surface area contributed by atoms with Gasteiger partial charge in [-0.25, -0.2) is 0 Å². The van der Waals surface area contributed by atoms with Gasteiger partial charge in [0.2, 0.25) is 0 Å². The Morgan fingerprint density at radius 2 is 0.711 bits per heavy atom. The Bertz CT molecular complexity index is 1080. The summed E-state index contributed by atoms with van der Waals surface area (Å²) >= 11 is -1.10. The van der Waals surface area contributed by atoms with E-state index in [1.54, 1.807) is 24.3 Å². The number of ether oxygens (including phenoxy) is 4. The Kier molecular flexibility index (Phi) is 10.4. The van der Waals surface area contributed by atoms with E-state index < -0.39 is 50.1 Å². The van der Waals surface area contributed by atoms with Crippen molar-refractivity contribution in [2.24, 2.45) is 0 Å². The van der Waals surface area contributed by atoms with Crippen LogP contribution in [0.2, 0.25) is 0 Å². The van der Waals surface area contributed by atoms with Crippen LogP contribution in [0, 0.1) is 0 Å². The van der Waals surface area contributed by atoms with Gasteiger partial charge < -0.3 is 0 Å². The van der Waals surface area contributed by atoms with E-state index in [0.717, 1.165) is 11.1 Å². The van der Waals surface area contributed by atoms with Crippen molar-refractivity contribution in [3.8, 4) is 0 Å². The van der Waals surface area contributed by atoms with Gasteiger partial charge in [0.05, 0.1) is 0 Å². The molecule has 0 aliphatic heterocycles. The van der Waals surface area contributed by atoms with Gasteiger partial charge in [0.25, 0.3) is 0 Å². The van der Waals surface area contributed by atoms with Gasteiger partial charge in [0.15, 0.2) is 0 Å². The number of esters is 4. The molecular weight excluding hydrogens is 622 g/mol. The minimum atomic E-state index is -0.585. The molecule has 0 heterocycles. The molecule has 0 aliphatic carbocycles. The van der Waals surface area contributed by atoms with Crippen LogP contribution in [0.3, 0.4) is 0 Å². The molecule has 0 radical (unpaired) electrons. The summed E-state index contributed by atoms with van der Waals surface area (Å²) < 4.78 is 21.2. The zero-order valence-electron chi connectivity index (χ0n) is 23.4. The van der Waals surface area contributed by atoms with Crippen LogP contribution in [0.1, 0.15) is 94.1 Å². The van der Waals surface area contributed by atoms with Crippen LogP contribution in [0.15, 0.2) is 24.3 Å². The number of carbonyl (C=O) groups excluding carboxylic acids is 4. The fourth-order valence-electron chi connectivity index (χ4n) is 3.43. The van der Waals surface area contributed by atoms with Gasteiger partial charge in [-0.05, 0) is 0 Å². The summed E-state index contributed by atoms with van der Waals surface area (Å²) in [5.41, 5.74) is 1.85. The summed E-state index contributed by atoms with van der Waals surface area (Å²) in [5, 5.41) is 0. The van der Waals surface area contributed by atoms with Crippen LogP contribution in [0.25, 0.3) is 0 Å². The van der Waals surface area contributed by atoms with Crippen LogP contribution in [0.4, 0.5) is 0 Å². The van der Waals surface area contributed by atoms with Crippen molar-refractivity contribution < 1.29 is 38.1 Å². The molecule has 0 fully saturated rings. The summed E-state index contributed by atoms with van der Waals surface area (Å²) in [7, 11) is 5.12. The van der Waals surface area contributed by atoms with E-state index in [0.29, 0.717) is 8.92 Å². The summed E-state index contributed by atoms with van der Waals surface area (Å²) in [4.78, 5) is 51.5. The van der Waals surface area contributed by atoms with E-state index in [9.17, 15) is 19.2 Å². The molecule has 2 rings (SSSR count). The minimum absolute atomic E-state index is 0.257. The van der Waals surface area contributed by atoms with Gasteiger partial charge in [-0.15, -0.1) is 0 Å². The van der Waals surface area contributed by atoms with E-state index in [-0.39, 0.29) is 33.1 Å². The quantitative estimate of drug-likeness (QED) is 0.255. The fourth-order valence-corrected chi connectivity index (χ4v) is 11.5. The van der Waals surface area contributed by atoms with Crippen molar-refractivity contribution in [1.29, 1.82) is 0 Å². The molecule has 10 heteroatoms. The molecule has 0 atom stereocenters. The predicted molar refractivity (Wildman–Crippen MR) is 146 cm³/mol. The summed E-state index contributed by atoms with van der Waals surface area (Å²) in [6.07, 6.45) is 0. The molecular formula is C28H34O8Se2. The Hall–Kier alpha value is -2.64. The summed E-state index contributed by atoms with van der Waals surface area (Å²) in [6, 6.07) is 6.93. The fraction of sp³-hybridized carbons (Fsp3) is 0.429. The molecule has 0 amide bonds. The Morgan fingerprint density at radius 1 is 0.500 bits per heavy atom. The third-order valence-electron chi connectivity index (χ3n) is 5.74. The van der Waals surface area contributed by atoms with Crippen molar-refractivity contribution in [2.45, 2.75) is 52.4 Å². The third-order valence-corrected chi connectivity index (χ3v) is 13.0. The van der Waals surface area contributed by atoms with Gasteiger partial charge in [-0.2, -0.15) is 0 Å². The van der Waals surface area contributed by atoms with Crippen molar-refractivity contribution >= 4 is 59.1 Å². The average molecular weight is 656 g/mol. The van der Waals surface area contributed by atoms with Crippen LogP contribution in [-0.4, -0.2) is 78.6 Å². The molecule has 0 saturated heterocycles. The predicted octanol–water partition coefficient (Wildman–Crippen LogP) is 2.70. The van der Waals surface area contributed by atoms with Gasteiger partial charge >= 0.3 is 236 Å². The first-order valence-corrected chi connectivity index (χ1v) is 17.7. The molecule has 0 bridgehead atoms. The molecule has 0 saturated carbocycles. The number of hydrogen-bond donors (Lipinski definition) is 0. The number of methoxy groups -OCH3 is 4. The molecule has 38 heavy (non-hydrogen) atoms. The SMILES string of the molecule is COC(=O)c1cc(C(C)(C)C)cc(C(=O)OC)c1[Se][Se]c1c(C(=O)OC)cc(C(C)(C)C)cc1C(=O)OC. The van der Waals surface area contributed by atoms with E-state index >= 15 is 0 Å². The number of carbonyl (C=O) groups is 4. The van der Waals surface area contributed by atoms with Crippen molar-refractivity contribution in [3.05, 3.63) is 57.6 Å². The van der Waals surface area contributed by atoms with Crippen molar-refractivity contribution in [2.75, 3.05) is 28.4 Å². The van der Waals surface area contributed by atoms with Gasteiger partial charge in [-0.1, -0.05) is 0 Å². The normalized spacial score (nSPS) is 11.5. The molecule has 0 spiro atoms. The number of benzene rings is 2. The summed E-state index contributed by atoms with van der Waals surface area (Å²) in [5.74, 6) is -2.34. The maximum absolute atomic E-state index is 12.9. The second-order valence-electron chi connectivity index (χ2n) is 10.4. The Labute approximate surface area is 235 Å². The van der Waals surface area contributed by atoms with Crippen LogP contribution in [0.5, 0.6) is 0 Å². The molecule has 0 aliphatic rings. The average Bonchev–Trinajstić information content (AvgIpc) is 2.87. The molecule has 8 nitrogen and oxygen atoms in total. The van der Waals surface area contributed by atoms with Crippen molar-refractivity contribution in [1.82, 2.24) is 0 Å². The zero-order chi connectivity index (χ0) is 29.0. The molecule has 2 aromatic rings. The standard InChI is InChI=1S/C28H34O8Se2/c1-27(2,3)15-11-17(23(29)33-7)21(18(12-15)24(30)34-8)37-38-22-19(25(31)35-9)13-16(28(4,5)6)14-20(22)26(32)36-10/h11-14H,1-10H3. The first-order valence-electron chi connectivity index (χ1n) is 11.7. The molecule has 0 N–H and O–H groups in total. The van der Waals surface area contributed by atoms with E-state index in [1.165, 1.54) is 28.4 Å². The Balaban J connectivity index is 2.84. The monoisotopic (exact) mass is 658 g/mol. The van der Waals surface area contributed by atoms with E-state index in [2.05, 4.69) is 0 Å². The van der Waals surface area contributed by atoms with Crippen molar-refractivity contribution in [3.63, 3.8) is 0 Å². The van der Waals surface area contributed by atoms with Crippen LogP contribution < -0.4 is 8.92 Å². The Morgan fingerprint density at radius 3 is 0.868 bits per heavy atom. The molecule has 206 valence electrons.